The lowest BCUT2D eigenvalue weighted by Crippen LogP contribution is -2.46. The molecule has 0 saturated carbocycles. The van der Waals surface area contributed by atoms with Gasteiger partial charge in [-0.1, -0.05) is 13.8 Å². The molecule has 2 fully saturated rings. The molecule has 0 spiro atoms. The molecule has 2 atom stereocenters. The average molecular weight is 242 g/mol. The van der Waals surface area contributed by atoms with Crippen molar-refractivity contribution in [2.75, 3.05) is 31.1 Å². The molecule has 2 aliphatic rings. The summed E-state index contributed by atoms with van der Waals surface area (Å²) in [5.41, 5.74) is 0. The van der Waals surface area contributed by atoms with Crippen LogP contribution in [-0.4, -0.2) is 48.1 Å². The first kappa shape index (κ1) is 12.7. The van der Waals surface area contributed by atoms with Gasteiger partial charge in [-0.25, -0.2) is 0 Å². The summed E-state index contributed by atoms with van der Waals surface area (Å²) in [5, 5.41) is 3.70. The van der Waals surface area contributed by atoms with Gasteiger partial charge in [-0.3, -0.25) is 4.90 Å². The zero-order valence-electron chi connectivity index (χ0n) is 10.7. The van der Waals surface area contributed by atoms with E-state index in [0.29, 0.717) is 6.04 Å². The number of rotatable bonds is 2. The lowest BCUT2D eigenvalue weighted by molar-refractivity contribution is 0.184. The Hall–Kier alpha value is 0.270. The lowest BCUT2D eigenvalue weighted by Gasteiger charge is -2.35. The van der Waals surface area contributed by atoms with Gasteiger partial charge in [0.1, 0.15) is 0 Å². The Morgan fingerprint density at radius 1 is 1.31 bits per heavy atom. The number of nitrogens with zero attached hydrogens (tertiary/aromatic N) is 1. The minimum absolute atomic E-state index is 0.703. The third-order valence-corrected chi connectivity index (χ3v) is 5.12. The fraction of sp³-hybridized carbons (Fsp3) is 1.00. The van der Waals surface area contributed by atoms with Crippen molar-refractivity contribution in [2.45, 2.75) is 45.2 Å². The Bertz CT molecular complexity index is 202. The minimum Gasteiger partial charge on any atom is -0.312 e. The number of thioether (sulfide) groups is 1. The highest BCUT2D eigenvalue weighted by Gasteiger charge is 2.26. The van der Waals surface area contributed by atoms with Crippen LogP contribution in [0.15, 0.2) is 0 Å². The first-order chi connectivity index (χ1) is 7.77. The molecule has 2 unspecified atom stereocenters. The SMILES string of the molecule is CC(C)C1CN(C2CCCSC2)CCCN1. The highest BCUT2D eigenvalue weighted by atomic mass is 32.2. The van der Waals surface area contributed by atoms with Crippen LogP contribution >= 0.6 is 11.8 Å². The maximum Gasteiger partial charge on any atom is 0.0218 e. The van der Waals surface area contributed by atoms with Crippen LogP contribution in [0.4, 0.5) is 0 Å². The topological polar surface area (TPSA) is 15.3 Å². The second kappa shape index (κ2) is 6.27. The highest BCUT2D eigenvalue weighted by Crippen LogP contribution is 2.23. The van der Waals surface area contributed by atoms with Crippen LogP contribution in [-0.2, 0) is 0 Å². The monoisotopic (exact) mass is 242 g/mol. The second-order valence-corrected chi connectivity index (χ2v) is 6.67. The molecular weight excluding hydrogens is 216 g/mol. The van der Waals surface area contributed by atoms with Crippen molar-refractivity contribution in [1.29, 1.82) is 0 Å². The minimum atomic E-state index is 0.703. The van der Waals surface area contributed by atoms with Crippen molar-refractivity contribution in [3.8, 4) is 0 Å². The predicted molar refractivity (Wildman–Crippen MR) is 73.2 cm³/mol. The van der Waals surface area contributed by atoms with Gasteiger partial charge in [-0.05, 0) is 44.0 Å². The first-order valence-electron chi connectivity index (χ1n) is 6.82. The van der Waals surface area contributed by atoms with E-state index in [9.17, 15) is 0 Å². The van der Waals surface area contributed by atoms with Crippen molar-refractivity contribution in [3.05, 3.63) is 0 Å². The third kappa shape index (κ3) is 3.38. The molecule has 0 aromatic rings. The standard InChI is InChI=1S/C13H26N2S/c1-11(2)13-9-15(7-4-6-14-13)12-5-3-8-16-10-12/h11-14H,3-10H2,1-2H3. The van der Waals surface area contributed by atoms with E-state index < -0.39 is 0 Å². The van der Waals surface area contributed by atoms with Crippen LogP contribution in [0, 0.1) is 5.92 Å². The fourth-order valence-electron chi connectivity index (χ4n) is 2.77. The normalized spacial score (nSPS) is 33.9. The van der Waals surface area contributed by atoms with Crippen LogP contribution in [0.25, 0.3) is 0 Å². The molecule has 0 aromatic carbocycles. The molecule has 94 valence electrons. The van der Waals surface area contributed by atoms with E-state index >= 15 is 0 Å². The Morgan fingerprint density at radius 2 is 2.19 bits per heavy atom. The van der Waals surface area contributed by atoms with Gasteiger partial charge in [0, 0.05) is 24.4 Å². The highest BCUT2D eigenvalue weighted by molar-refractivity contribution is 7.99. The van der Waals surface area contributed by atoms with E-state index in [1.54, 1.807) is 0 Å². The number of nitrogens with one attached hydrogen (secondary N) is 1. The zero-order valence-corrected chi connectivity index (χ0v) is 11.6. The van der Waals surface area contributed by atoms with Gasteiger partial charge < -0.3 is 5.32 Å². The molecule has 2 aliphatic heterocycles. The summed E-state index contributed by atoms with van der Waals surface area (Å²) >= 11 is 2.15. The summed E-state index contributed by atoms with van der Waals surface area (Å²) in [4.78, 5) is 2.76. The molecule has 2 nitrogen and oxygen atoms in total. The maximum absolute atomic E-state index is 3.70. The van der Waals surface area contributed by atoms with Gasteiger partial charge in [0.2, 0.25) is 0 Å². The van der Waals surface area contributed by atoms with Gasteiger partial charge in [0.05, 0.1) is 0 Å². The molecule has 0 aromatic heterocycles. The molecule has 2 rings (SSSR count). The Kier molecular flexibility index (Phi) is 4.98. The molecule has 2 saturated heterocycles. The second-order valence-electron chi connectivity index (χ2n) is 5.52. The summed E-state index contributed by atoms with van der Waals surface area (Å²) in [5.74, 6) is 3.51. The molecule has 0 aliphatic carbocycles. The van der Waals surface area contributed by atoms with Crippen LogP contribution in [0.5, 0.6) is 0 Å². The van der Waals surface area contributed by atoms with Gasteiger partial charge in [0.15, 0.2) is 0 Å². The average Bonchev–Trinajstić information content (AvgIpc) is 2.56. The van der Waals surface area contributed by atoms with Gasteiger partial charge in [0.25, 0.3) is 0 Å². The molecule has 1 N–H and O–H groups in total. The summed E-state index contributed by atoms with van der Waals surface area (Å²) in [6, 6.07) is 1.56. The van der Waals surface area contributed by atoms with Crippen molar-refractivity contribution in [1.82, 2.24) is 10.2 Å². The molecule has 3 heteroatoms. The van der Waals surface area contributed by atoms with E-state index in [4.69, 9.17) is 0 Å². The van der Waals surface area contributed by atoms with Crippen molar-refractivity contribution in [3.63, 3.8) is 0 Å². The van der Waals surface area contributed by atoms with Crippen LogP contribution in [0.1, 0.15) is 33.1 Å². The van der Waals surface area contributed by atoms with E-state index in [1.807, 2.05) is 0 Å². The number of hydrogen-bond acceptors (Lipinski definition) is 3. The zero-order chi connectivity index (χ0) is 11.4. The van der Waals surface area contributed by atoms with E-state index in [2.05, 4.69) is 35.8 Å². The lowest BCUT2D eigenvalue weighted by atomic mass is 10.0. The first-order valence-corrected chi connectivity index (χ1v) is 7.98. The van der Waals surface area contributed by atoms with Gasteiger partial charge >= 0.3 is 0 Å². The molecule has 0 bridgehead atoms. The largest absolute Gasteiger partial charge is 0.312 e. The molecule has 0 radical (unpaired) electrons. The smallest absolute Gasteiger partial charge is 0.0218 e. The van der Waals surface area contributed by atoms with Gasteiger partial charge in [-0.2, -0.15) is 11.8 Å². The summed E-state index contributed by atoms with van der Waals surface area (Å²) < 4.78 is 0. The summed E-state index contributed by atoms with van der Waals surface area (Å²) in [7, 11) is 0. The van der Waals surface area contributed by atoms with E-state index in [1.165, 1.54) is 50.4 Å². The molecule has 2 heterocycles. The van der Waals surface area contributed by atoms with Crippen molar-refractivity contribution in [2.24, 2.45) is 5.92 Å². The third-order valence-electron chi connectivity index (χ3n) is 3.92. The quantitative estimate of drug-likeness (QED) is 0.799. The van der Waals surface area contributed by atoms with Crippen LogP contribution in [0.2, 0.25) is 0 Å². The maximum atomic E-state index is 3.70. The summed E-state index contributed by atoms with van der Waals surface area (Å²) in [6.07, 6.45) is 4.17. The van der Waals surface area contributed by atoms with Crippen LogP contribution in [0.3, 0.4) is 0 Å². The van der Waals surface area contributed by atoms with Crippen molar-refractivity contribution < 1.29 is 0 Å². The Balaban J connectivity index is 1.91. The van der Waals surface area contributed by atoms with Crippen LogP contribution < -0.4 is 5.32 Å². The number of hydrogen-bond donors (Lipinski definition) is 1. The molecular formula is C13H26N2S. The summed E-state index contributed by atoms with van der Waals surface area (Å²) in [6.45, 7) is 8.47. The molecule has 0 amide bonds. The fourth-order valence-corrected chi connectivity index (χ4v) is 3.95. The predicted octanol–water partition coefficient (Wildman–Crippen LogP) is 2.20. The van der Waals surface area contributed by atoms with E-state index in [-0.39, 0.29) is 0 Å². The molecule has 16 heavy (non-hydrogen) atoms. The van der Waals surface area contributed by atoms with Crippen molar-refractivity contribution >= 4 is 11.8 Å². The van der Waals surface area contributed by atoms with E-state index in [0.717, 1.165) is 12.0 Å². The Morgan fingerprint density at radius 3 is 2.88 bits per heavy atom. The van der Waals surface area contributed by atoms with Gasteiger partial charge in [-0.15, -0.1) is 0 Å². The Labute approximate surface area is 105 Å².